The molecule has 4 aromatic rings. The third kappa shape index (κ3) is 2.18. The smallest absolute Gasteiger partial charge is 0.178 e. The van der Waals surface area contributed by atoms with Crippen molar-refractivity contribution >= 4 is 22.9 Å². The van der Waals surface area contributed by atoms with Crippen LogP contribution in [0.15, 0.2) is 24.3 Å². The molecular formula is C16H18N10. The van der Waals surface area contributed by atoms with Gasteiger partial charge in [-0.25, -0.2) is 0 Å². The molecule has 0 unspecified atom stereocenters. The fraction of sp³-hybridized carbons (Fsp3) is 0.375. The molecule has 0 spiro atoms. The Morgan fingerprint density at radius 1 is 0.846 bits per heavy atom. The zero-order valence-electron chi connectivity index (χ0n) is 14.8. The first-order valence-corrected chi connectivity index (χ1v) is 8.46. The normalized spacial score (nSPS) is 15.0. The molecule has 10 nitrogen and oxygen atoms in total. The van der Waals surface area contributed by atoms with Crippen LogP contribution in [0.25, 0.3) is 11.3 Å². The lowest BCUT2D eigenvalue weighted by Gasteiger charge is -2.44. The summed E-state index contributed by atoms with van der Waals surface area (Å²) in [7, 11) is 2.07. The molecule has 1 fully saturated rings. The molecule has 0 saturated carbocycles. The van der Waals surface area contributed by atoms with Gasteiger partial charge in [0.15, 0.2) is 22.9 Å². The Bertz CT molecular complexity index is 1110. The third-order valence-electron chi connectivity index (χ3n) is 4.90. The number of likely N-dealkylation sites (N-methyl/N-ethyl adjacent to an activating group) is 1. The van der Waals surface area contributed by atoms with Crippen LogP contribution in [0.4, 0.5) is 11.6 Å². The Morgan fingerprint density at radius 3 is 2.15 bits per heavy atom. The molecule has 5 rings (SSSR count). The Kier molecular flexibility index (Phi) is 3.08. The quantitative estimate of drug-likeness (QED) is 0.527. The van der Waals surface area contributed by atoms with E-state index in [4.69, 9.17) is 0 Å². The van der Waals surface area contributed by atoms with Crippen molar-refractivity contribution in [2.75, 3.05) is 29.9 Å². The van der Waals surface area contributed by atoms with Gasteiger partial charge in [0.1, 0.15) is 11.6 Å². The minimum Gasteiger partial charge on any atom is -0.352 e. The van der Waals surface area contributed by atoms with E-state index >= 15 is 0 Å². The van der Waals surface area contributed by atoms with Crippen LogP contribution in [-0.2, 0) is 0 Å². The van der Waals surface area contributed by atoms with Crippen molar-refractivity contribution in [2.45, 2.75) is 19.9 Å². The first kappa shape index (κ1) is 15.0. The van der Waals surface area contributed by atoms with E-state index in [0.29, 0.717) is 6.04 Å². The van der Waals surface area contributed by atoms with Crippen LogP contribution in [0, 0.1) is 13.8 Å². The molecule has 1 saturated heterocycles. The predicted molar refractivity (Wildman–Crippen MR) is 95.4 cm³/mol. The van der Waals surface area contributed by atoms with Crippen LogP contribution < -0.4 is 9.80 Å². The van der Waals surface area contributed by atoms with Gasteiger partial charge in [-0.2, -0.15) is 9.03 Å². The predicted octanol–water partition coefficient (Wildman–Crippen LogP) is 0.504. The van der Waals surface area contributed by atoms with Crippen molar-refractivity contribution in [1.82, 2.24) is 39.6 Å². The van der Waals surface area contributed by atoms with E-state index in [0.717, 1.165) is 47.7 Å². The molecular weight excluding hydrogens is 332 g/mol. The molecule has 1 aliphatic rings. The summed E-state index contributed by atoms with van der Waals surface area (Å²) >= 11 is 0. The van der Waals surface area contributed by atoms with E-state index in [-0.39, 0.29) is 0 Å². The van der Waals surface area contributed by atoms with E-state index in [1.54, 1.807) is 9.03 Å². The maximum Gasteiger partial charge on any atom is 0.178 e. The van der Waals surface area contributed by atoms with Crippen LogP contribution in [0.3, 0.4) is 0 Å². The van der Waals surface area contributed by atoms with Crippen molar-refractivity contribution in [3.63, 3.8) is 0 Å². The van der Waals surface area contributed by atoms with Crippen LogP contribution in [-0.4, -0.2) is 65.8 Å². The topological polar surface area (TPSA) is 92.6 Å². The van der Waals surface area contributed by atoms with Gasteiger partial charge in [0.2, 0.25) is 0 Å². The summed E-state index contributed by atoms with van der Waals surface area (Å²) in [6.45, 7) is 5.57. The highest BCUT2D eigenvalue weighted by molar-refractivity contribution is 5.51. The molecule has 0 amide bonds. The first-order chi connectivity index (χ1) is 12.6. The molecule has 5 heterocycles. The van der Waals surface area contributed by atoms with Gasteiger partial charge in [0, 0.05) is 20.1 Å². The maximum absolute atomic E-state index is 4.64. The highest BCUT2D eigenvalue weighted by Gasteiger charge is 2.32. The lowest BCUT2D eigenvalue weighted by molar-refractivity contribution is 0.485. The van der Waals surface area contributed by atoms with Crippen molar-refractivity contribution < 1.29 is 0 Å². The number of rotatable bonds is 3. The molecule has 4 aromatic heterocycles. The van der Waals surface area contributed by atoms with Gasteiger partial charge in [-0.1, -0.05) is 0 Å². The van der Waals surface area contributed by atoms with Crippen molar-refractivity contribution in [3.8, 4) is 0 Å². The second-order valence-electron chi connectivity index (χ2n) is 6.59. The van der Waals surface area contributed by atoms with Gasteiger partial charge in [0.25, 0.3) is 0 Å². The van der Waals surface area contributed by atoms with E-state index in [9.17, 15) is 0 Å². The lowest BCUT2D eigenvalue weighted by atomic mass is 10.1. The van der Waals surface area contributed by atoms with Crippen molar-refractivity contribution in [1.29, 1.82) is 0 Å². The second-order valence-corrected chi connectivity index (χ2v) is 6.59. The third-order valence-corrected chi connectivity index (χ3v) is 4.90. The minimum atomic E-state index is 0.372. The Balaban J connectivity index is 1.34. The molecule has 0 bridgehead atoms. The SMILES string of the molecule is Cc1nnc2ccc(N3CC(N(C)c4ccc5nnc(C)n5n4)C3)nn12. The van der Waals surface area contributed by atoms with Crippen molar-refractivity contribution in [3.05, 3.63) is 35.9 Å². The summed E-state index contributed by atoms with van der Waals surface area (Å²) < 4.78 is 3.54. The molecule has 0 N–H and O–H groups in total. The van der Waals surface area contributed by atoms with Crippen LogP contribution >= 0.6 is 0 Å². The minimum absolute atomic E-state index is 0.372. The highest BCUT2D eigenvalue weighted by atomic mass is 15.4. The standard InChI is InChI=1S/C16H18N10/c1-10-17-19-13-4-6-15(21-25(10)13)23(3)12-8-24(9-12)16-7-5-14-20-18-11(2)26(14)22-16/h4-7,12H,8-9H2,1-3H3. The van der Waals surface area contributed by atoms with Gasteiger partial charge < -0.3 is 9.80 Å². The summed E-state index contributed by atoms with van der Waals surface area (Å²) in [6.07, 6.45) is 0. The largest absolute Gasteiger partial charge is 0.352 e. The second kappa shape index (κ2) is 5.35. The van der Waals surface area contributed by atoms with Crippen LogP contribution in [0.1, 0.15) is 11.6 Å². The van der Waals surface area contributed by atoms with Gasteiger partial charge in [-0.05, 0) is 38.1 Å². The van der Waals surface area contributed by atoms with Gasteiger partial charge in [-0.15, -0.1) is 30.6 Å². The number of nitrogens with zero attached hydrogens (tertiary/aromatic N) is 10. The first-order valence-electron chi connectivity index (χ1n) is 8.46. The van der Waals surface area contributed by atoms with Gasteiger partial charge >= 0.3 is 0 Å². The molecule has 132 valence electrons. The number of anilines is 2. The Labute approximate surface area is 149 Å². The molecule has 0 aromatic carbocycles. The highest BCUT2D eigenvalue weighted by Crippen LogP contribution is 2.24. The van der Waals surface area contributed by atoms with E-state index in [1.807, 2.05) is 38.1 Å². The zero-order chi connectivity index (χ0) is 17.8. The van der Waals surface area contributed by atoms with Crippen molar-refractivity contribution in [2.24, 2.45) is 0 Å². The summed E-state index contributed by atoms with van der Waals surface area (Å²) in [6, 6.07) is 8.24. The Hall–Kier alpha value is -3.30. The van der Waals surface area contributed by atoms with E-state index in [2.05, 4.69) is 47.4 Å². The average Bonchev–Trinajstić information content (AvgIpc) is 3.17. The van der Waals surface area contributed by atoms with E-state index < -0.39 is 0 Å². The average molecular weight is 350 g/mol. The number of hydrogen-bond donors (Lipinski definition) is 0. The van der Waals surface area contributed by atoms with Crippen LogP contribution in [0.5, 0.6) is 0 Å². The summed E-state index contributed by atoms with van der Waals surface area (Å²) in [4.78, 5) is 4.43. The molecule has 0 atom stereocenters. The maximum atomic E-state index is 4.64. The molecule has 0 radical (unpaired) electrons. The Morgan fingerprint density at radius 2 is 1.46 bits per heavy atom. The van der Waals surface area contributed by atoms with Gasteiger partial charge in [-0.3, -0.25) is 0 Å². The molecule has 1 aliphatic heterocycles. The fourth-order valence-corrected chi connectivity index (χ4v) is 3.20. The molecule has 26 heavy (non-hydrogen) atoms. The monoisotopic (exact) mass is 350 g/mol. The summed E-state index contributed by atoms with van der Waals surface area (Å²) in [5.41, 5.74) is 1.53. The lowest BCUT2D eigenvalue weighted by Crippen LogP contribution is -2.59. The van der Waals surface area contributed by atoms with Gasteiger partial charge in [0.05, 0.1) is 6.04 Å². The number of fused-ring (bicyclic) bond motifs is 2. The summed E-state index contributed by atoms with van der Waals surface area (Å²) in [5.74, 6) is 3.41. The van der Waals surface area contributed by atoms with E-state index in [1.165, 1.54) is 0 Å². The number of hydrogen-bond acceptors (Lipinski definition) is 8. The molecule has 10 heteroatoms. The number of aromatic nitrogens is 8. The van der Waals surface area contributed by atoms with Crippen LogP contribution in [0.2, 0.25) is 0 Å². The summed E-state index contributed by atoms with van der Waals surface area (Å²) in [5, 5.41) is 25.5. The fourth-order valence-electron chi connectivity index (χ4n) is 3.20. The molecule has 0 aliphatic carbocycles. The zero-order valence-corrected chi connectivity index (χ0v) is 14.8. The number of aryl methyl sites for hydroxylation is 2.